The van der Waals surface area contributed by atoms with Crippen LogP contribution in [0.3, 0.4) is 0 Å². The summed E-state index contributed by atoms with van der Waals surface area (Å²) >= 11 is 0. The highest BCUT2D eigenvalue weighted by Gasteiger charge is 2.17. The number of halogens is 1. The van der Waals surface area contributed by atoms with Crippen LogP contribution in [-0.2, 0) is 9.47 Å². The van der Waals surface area contributed by atoms with Crippen LogP contribution in [0, 0.1) is 0 Å². The van der Waals surface area contributed by atoms with Crippen LogP contribution in [0.15, 0.2) is 42.6 Å². The fourth-order valence-corrected chi connectivity index (χ4v) is 3.31. The molecule has 8 heteroatoms. The van der Waals surface area contributed by atoms with Crippen LogP contribution >= 0.6 is 12.4 Å². The number of nitrogens with zero attached hydrogens (tertiary/aromatic N) is 1. The lowest BCUT2D eigenvalue weighted by Crippen LogP contribution is -2.33. The van der Waals surface area contributed by atoms with Crippen molar-refractivity contribution in [2.24, 2.45) is 0 Å². The second-order valence-electron chi connectivity index (χ2n) is 6.95. The van der Waals surface area contributed by atoms with Gasteiger partial charge in [0.25, 0.3) is 5.91 Å². The number of aromatic nitrogens is 1. The number of morpholine rings is 1. The summed E-state index contributed by atoms with van der Waals surface area (Å²) in [5, 5.41) is 6.21. The first-order valence-corrected chi connectivity index (χ1v) is 9.72. The molecule has 1 unspecified atom stereocenters. The van der Waals surface area contributed by atoms with Gasteiger partial charge < -0.3 is 24.8 Å². The largest absolute Gasteiger partial charge is 0.474 e. The molecule has 2 aliphatic heterocycles. The zero-order valence-corrected chi connectivity index (χ0v) is 17.0. The minimum atomic E-state index is -0.201. The molecule has 7 nitrogen and oxygen atoms in total. The van der Waals surface area contributed by atoms with E-state index < -0.39 is 0 Å². The zero-order chi connectivity index (χ0) is 19.2. The summed E-state index contributed by atoms with van der Waals surface area (Å²) in [6.07, 6.45) is 3.46. The first kappa shape index (κ1) is 21.5. The van der Waals surface area contributed by atoms with E-state index in [0.717, 1.165) is 37.2 Å². The number of rotatable bonds is 5. The van der Waals surface area contributed by atoms with Gasteiger partial charge in [0.05, 0.1) is 31.5 Å². The van der Waals surface area contributed by atoms with Crippen molar-refractivity contribution in [2.45, 2.75) is 25.0 Å². The third-order valence-electron chi connectivity index (χ3n) is 4.92. The van der Waals surface area contributed by atoms with Gasteiger partial charge in [-0.3, -0.25) is 4.79 Å². The smallest absolute Gasteiger partial charge is 0.257 e. The van der Waals surface area contributed by atoms with Gasteiger partial charge in [-0.25, -0.2) is 4.98 Å². The van der Waals surface area contributed by atoms with Crippen LogP contribution < -0.4 is 15.4 Å². The average molecular weight is 420 g/mol. The quantitative estimate of drug-likeness (QED) is 0.775. The monoisotopic (exact) mass is 419 g/mol. The van der Waals surface area contributed by atoms with E-state index in [1.807, 2.05) is 24.3 Å². The first-order chi connectivity index (χ1) is 13.8. The molecule has 156 valence electrons. The van der Waals surface area contributed by atoms with Gasteiger partial charge in [-0.05, 0) is 23.8 Å². The van der Waals surface area contributed by atoms with Gasteiger partial charge in [0, 0.05) is 43.9 Å². The number of carbonyl (C=O) groups is 1. The summed E-state index contributed by atoms with van der Waals surface area (Å²) in [4.78, 5) is 16.7. The van der Waals surface area contributed by atoms with Crippen LogP contribution in [0.2, 0.25) is 0 Å². The fourth-order valence-electron chi connectivity index (χ4n) is 3.31. The summed E-state index contributed by atoms with van der Waals surface area (Å²) in [6.45, 7) is 3.84. The number of carbonyl (C=O) groups excluding carboxylic acids is 1. The maximum absolute atomic E-state index is 12.5. The number of ether oxygens (including phenoxy) is 3. The second-order valence-corrected chi connectivity index (χ2v) is 6.95. The van der Waals surface area contributed by atoms with Crippen LogP contribution in [0.1, 0.15) is 34.9 Å². The highest BCUT2D eigenvalue weighted by molar-refractivity contribution is 6.04. The molecule has 2 aromatic rings. The number of nitrogens with one attached hydrogen (secondary N) is 2. The molecule has 1 atom stereocenters. The maximum Gasteiger partial charge on any atom is 0.257 e. The summed E-state index contributed by atoms with van der Waals surface area (Å²) in [5.41, 5.74) is 2.32. The molecule has 4 rings (SSSR count). The minimum absolute atomic E-state index is 0. The van der Waals surface area contributed by atoms with Crippen molar-refractivity contribution in [3.8, 4) is 5.88 Å². The lowest BCUT2D eigenvalue weighted by atomic mass is 10.1. The molecule has 0 bridgehead atoms. The van der Waals surface area contributed by atoms with Crippen molar-refractivity contribution in [3.63, 3.8) is 0 Å². The molecule has 2 aliphatic rings. The van der Waals surface area contributed by atoms with Crippen LogP contribution in [0.4, 0.5) is 5.69 Å². The Balaban J connectivity index is 0.00000240. The predicted molar refractivity (Wildman–Crippen MR) is 112 cm³/mol. The van der Waals surface area contributed by atoms with E-state index >= 15 is 0 Å². The number of hydrogen-bond acceptors (Lipinski definition) is 6. The van der Waals surface area contributed by atoms with Gasteiger partial charge in [-0.1, -0.05) is 12.1 Å². The molecule has 3 heterocycles. The average Bonchev–Trinajstić information content (AvgIpc) is 2.76. The normalized spacial score (nSPS) is 19.8. The second kappa shape index (κ2) is 10.5. The van der Waals surface area contributed by atoms with Crippen molar-refractivity contribution in [2.75, 3.05) is 38.2 Å². The third-order valence-corrected chi connectivity index (χ3v) is 4.92. The standard InChI is InChI=1S/C21H25N3O4.ClH/c25-21(16-3-6-20(23-13-16)28-18-7-10-26-11-8-18)24-17-4-1-15(2-5-17)19-14-22-9-12-27-19;/h1-6,13,18-19,22H,7-12,14H2,(H,24,25);1H. The number of anilines is 1. The fraction of sp³-hybridized carbons (Fsp3) is 0.429. The summed E-state index contributed by atoms with van der Waals surface area (Å²) in [7, 11) is 0. The third kappa shape index (κ3) is 5.90. The number of pyridine rings is 1. The van der Waals surface area contributed by atoms with Crippen molar-refractivity contribution in [1.29, 1.82) is 0 Å². The van der Waals surface area contributed by atoms with Gasteiger partial charge in [-0.2, -0.15) is 0 Å². The van der Waals surface area contributed by atoms with Gasteiger partial charge in [0.1, 0.15) is 6.10 Å². The SMILES string of the molecule is Cl.O=C(Nc1ccc(C2CNCCO2)cc1)c1ccc(OC2CCOCC2)nc1. The van der Waals surface area contributed by atoms with Gasteiger partial charge in [-0.15, -0.1) is 12.4 Å². The number of amides is 1. The molecular formula is C21H26ClN3O4. The predicted octanol–water partition coefficient (Wildman–Crippen LogP) is 2.97. The Labute approximate surface area is 176 Å². The van der Waals surface area contributed by atoms with Gasteiger partial charge in [0.2, 0.25) is 5.88 Å². The number of hydrogen-bond donors (Lipinski definition) is 2. The van der Waals surface area contributed by atoms with E-state index in [4.69, 9.17) is 14.2 Å². The number of benzene rings is 1. The Hall–Kier alpha value is -2.19. The van der Waals surface area contributed by atoms with Crippen molar-refractivity contribution in [3.05, 3.63) is 53.7 Å². The molecule has 2 N–H and O–H groups in total. The highest BCUT2D eigenvalue weighted by atomic mass is 35.5. The lowest BCUT2D eigenvalue weighted by molar-refractivity contribution is 0.0237. The Kier molecular flexibility index (Phi) is 7.83. The summed E-state index contributed by atoms with van der Waals surface area (Å²) < 4.78 is 16.9. The molecule has 0 aliphatic carbocycles. The van der Waals surface area contributed by atoms with E-state index in [0.29, 0.717) is 31.3 Å². The molecule has 0 spiro atoms. The van der Waals surface area contributed by atoms with E-state index in [2.05, 4.69) is 15.6 Å². The Morgan fingerprint density at radius 1 is 1.10 bits per heavy atom. The van der Waals surface area contributed by atoms with Crippen LogP contribution in [0.5, 0.6) is 5.88 Å². The topological polar surface area (TPSA) is 81.7 Å². The molecule has 1 amide bonds. The summed E-state index contributed by atoms with van der Waals surface area (Å²) in [5.74, 6) is 0.336. The Bertz CT molecular complexity index is 774. The van der Waals surface area contributed by atoms with Crippen molar-refractivity contribution >= 4 is 24.0 Å². The Morgan fingerprint density at radius 2 is 1.90 bits per heavy atom. The molecule has 29 heavy (non-hydrogen) atoms. The first-order valence-electron chi connectivity index (χ1n) is 9.72. The van der Waals surface area contributed by atoms with E-state index in [-0.39, 0.29) is 30.5 Å². The van der Waals surface area contributed by atoms with Crippen molar-refractivity contribution < 1.29 is 19.0 Å². The van der Waals surface area contributed by atoms with E-state index in [1.165, 1.54) is 0 Å². The van der Waals surface area contributed by atoms with E-state index in [9.17, 15) is 4.79 Å². The van der Waals surface area contributed by atoms with E-state index in [1.54, 1.807) is 18.3 Å². The maximum atomic E-state index is 12.5. The molecule has 0 saturated carbocycles. The van der Waals surface area contributed by atoms with Crippen LogP contribution in [-0.4, -0.2) is 49.9 Å². The molecule has 0 radical (unpaired) electrons. The molecular weight excluding hydrogens is 394 g/mol. The molecule has 2 saturated heterocycles. The van der Waals surface area contributed by atoms with Crippen LogP contribution in [0.25, 0.3) is 0 Å². The minimum Gasteiger partial charge on any atom is -0.474 e. The molecule has 1 aromatic heterocycles. The lowest BCUT2D eigenvalue weighted by Gasteiger charge is -2.24. The van der Waals surface area contributed by atoms with Crippen molar-refractivity contribution in [1.82, 2.24) is 10.3 Å². The highest BCUT2D eigenvalue weighted by Crippen LogP contribution is 2.21. The molecule has 1 aromatic carbocycles. The van der Waals surface area contributed by atoms with Gasteiger partial charge in [0.15, 0.2) is 0 Å². The zero-order valence-electron chi connectivity index (χ0n) is 16.1. The van der Waals surface area contributed by atoms with Gasteiger partial charge >= 0.3 is 0 Å². The Morgan fingerprint density at radius 3 is 2.55 bits per heavy atom. The molecule has 2 fully saturated rings. The summed E-state index contributed by atoms with van der Waals surface area (Å²) in [6, 6.07) is 11.2.